The van der Waals surface area contributed by atoms with Crippen molar-refractivity contribution in [3.05, 3.63) is 12.3 Å². The molecule has 1 aromatic heterocycles. The molecule has 0 bridgehead atoms. The van der Waals surface area contributed by atoms with Crippen LogP contribution < -0.4 is 10.6 Å². The number of aromatic nitrogens is 2. The van der Waals surface area contributed by atoms with Gasteiger partial charge in [0.2, 0.25) is 5.91 Å². The zero-order chi connectivity index (χ0) is 16.8. The lowest BCUT2D eigenvalue weighted by Gasteiger charge is -2.20. The molecule has 1 saturated carbocycles. The van der Waals surface area contributed by atoms with E-state index in [1.807, 2.05) is 13.8 Å². The Morgan fingerprint density at radius 2 is 2.17 bits per heavy atom. The number of carbonyl (C=O) groups is 3. The third-order valence-corrected chi connectivity index (χ3v) is 4.42. The van der Waals surface area contributed by atoms with Gasteiger partial charge in [0, 0.05) is 12.1 Å². The van der Waals surface area contributed by atoms with Gasteiger partial charge in [0.25, 0.3) is 5.91 Å². The number of anilines is 1. The maximum Gasteiger partial charge on any atom is 0.325 e. The quantitative estimate of drug-likeness (QED) is 0.795. The van der Waals surface area contributed by atoms with Crippen LogP contribution in [-0.2, 0) is 9.59 Å². The number of urea groups is 1. The molecule has 2 aliphatic rings. The first-order valence-electron chi connectivity index (χ1n) is 7.80. The maximum atomic E-state index is 12.5. The minimum Gasteiger partial charge on any atom is -0.323 e. The van der Waals surface area contributed by atoms with E-state index in [2.05, 4.69) is 15.7 Å². The molecular weight excluding hydrogens is 298 g/mol. The van der Waals surface area contributed by atoms with E-state index < -0.39 is 17.5 Å². The lowest BCUT2D eigenvalue weighted by Crippen LogP contribution is -2.46. The van der Waals surface area contributed by atoms with Gasteiger partial charge in [-0.2, -0.15) is 5.10 Å². The molecule has 3 rings (SSSR count). The van der Waals surface area contributed by atoms with E-state index in [1.165, 1.54) is 0 Å². The zero-order valence-electron chi connectivity index (χ0n) is 13.5. The molecule has 2 N–H and O–H groups in total. The van der Waals surface area contributed by atoms with E-state index >= 15 is 0 Å². The third kappa shape index (κ3) is 2.69. The van der Waals surface area contributed by atoms with E-state index in [0.717, 1.165) is 17.7 Å². The third-order valence-electron chi connectivity index (χ3n) is 4.42. The smallest absolute Gasteiger partial charge is 0.323 e. The highest BCUT2D eigenvalue weighted by Crippen LogP contribution is 2.42. The normalized spacial score (nSPS) is 24.3. The van der Waals surface area contributed by atoms with Crippen LogP contribution in [0, 0.1) is 5.92 Å². The molecule has 1 aliphatic carbocycles. The number of nitrogens with zero attached hydrogens (tertiary/aromatic N) is 3. The van der Waals surface area contributed by atoms with Crippen molar-refractivity contribution in [1.29, 1.82) is 0 Å². The van der Waals surface area contributed by atoms with Crippen LogP contribution in [0.15, 0.2) is 12.3 Å². The second kappa shape index (κ2) is 5.36. The van der Waals surface area contributed by atoms with Crippen molar-refractivity contribution < 1.29 is 14.4 Å². The maximum absolute atomic E-state index is 12.5. The molecule has 4 amide bonds. The van der Waals surface area contributed by atoms with Crippen LogP contribution in [0.5, 0.6) is 0 Å². The molecule has 2 heterocycles. The molecule has 1 aliphatic heterocycles. The van der Waals surface area contributed by atoms with Crippen LogP contribution in [0.4, 0.5) is 10.6 Å². The minimum atomic E-state index is -0.864. The molecule has 0 radical (unpaired) electrons. The van der Waals surface area contributed by atoms with E-state index in [9.17, 15) is 14.4 Å². The van der Waals surface area contributed by atoms with Crippen LogP contribution in [0.2, 0.25) is 0 Å². The number of imide groups is 1. The summed E-state index contributed by atoms with van der Waals surface area (Å²) >= 11 is 0. The van der Waals surface area contributed by atoms with E-state index in [4.69, 9.17) is 0 Å². The lowest BCUT2D eigenvalue weighted by atomic mass is 9.96. The van der Waals surface area contributed by atoms with Crippen LogP contribution in [0.1, 0.15) is 39.7 Å². The average molecular weight is 319 g/mol. The number of hydrogen-bond donors (Lipinski definition) is 2. The van der Waals surface area contributed by atoms with Gasteiger partial charge in [0.15, 0.2) is 0 Å². The van der Waals surface area contributed by atoms with Gasteiger partial charge < -0.3 is 10.6 Å². The van der Waals surface area contributed by atoms with Gasteiger partial charge in [-0.3, -0.25) is 14.5 Å². The van der Waals surface area contributed by atoms with E-state index in [0.29, 0.717) is 5.82 Å². The number of hydrogen-bond acceptors (Lipinski definition) is 4. The summed E-state index contributed by atoms with van der Waals surface area (Å²) < 4.78 is 1.66. The Labute approximate surface area is 134 Å². The van der Waals surface area contributed by atoms with Crippen molar-refractivity contribution in [3.63, 3.8) is 0 Å². The van der Waals surface area contributed by atoms with Crippen LogP contribution in [0.3, 0.4) is 0 Å². The molecule has 8 nitrogen and oxygen atoms in total. The van der Waals surface area contributed by atoms with Gasteiger partial charge in [-0.05, 0) is 39.5 Å². The van der Waals surface area contributed by atoms with Crippen molar-refractivity contribution in [2.24, 2.45) is 5.92 Å². The molecule has 124 valence electrons. The Hall–Kier alpha value is -2.38. The fourth-order valence-corrected chi connectivity index (χ4v) is 2.95. The van der Waals surface area contributed by atoms with Crippen LogP contribution in [0.25, 0.3) is 0 Å². The van der Waals surface area contributed by atoms with Gasteiger partial charge in [0.1, 0.15) is 17.9 Å². The Morgan fingerprint density at radius 3 is 2.78 bits per heavy atom. The molecule has 1 saturated heterocycles. The van der Waals surface area contributed by atoms with Crippen molar-refractivity contribution in [3.8, 4) is 0 Å². The number of carbonyl (C=O) groups excluding carboxylic acids is 3. The van der Waals surface area contributed by atoms with Crippen LogP contribution in [-0.4, -0.2) is 44.6 Å². The monoisotopic (exact) mass is 319 g/mol. The Balaban J connectivity index is 1.67. The molecule has 1 unspecified atom stereocenters. The first-order chi connectivity index (χ1) is 10.8. The summed E-state index contributed by atoms with van der Waals surface area (Å²) in [4.78, 5) is 37.7. The van der Waals surface area contributed by atoms with Crippen molar-refractivity contribution in [2.75, 3.05) is 11.9 Å². The first kappa shape index (κ1) is 15.5. The molecular formula is C15H21N5O3. The summed E-state index contributed by atoms with van der Waals surface area (Å²) in [5.41, 5.74) is -0.864. The van der Waals surface area contributed by atoms with Gasteiger partial charge in [-0.1, -0.05) is 0 Å². The second-order valence-corrected chi connectivity index (χ2v) is 6.60. The van der Waals surface area contributed by atoms with Crippen molar-refractivity contribution >= 4 is 23.7 Å². The van der Waals surface area contributed by atoms with Crippen molar-refractivity contribution in [2.45, 2.75) is 45.2 Å². The lowest BCUT2D eigenvalue weighted by molar-refractivity contribution is -0.134. The average Bonchev–Trinajstić information content (AvgIpc) is 3.20. The van der Waals surface area contributed by atoms with Gasteiger partial charge in [-0.25, -0.2) is 9.48 Å². The molecule has 1 aromatic rings. The minimum absolute atomic E-state index is 0.0928. The highest BCUT2D eigenvalue weighted by Gasteiger charge is 2.56. The zero-order valence-corrected chi connectivity index (χ0v) is 13.5. The predicted octanol–water partition coefficient (Wildman–Crippen LogP) is 1.12. The Bertz CT molecular complexity index is 664. The summed E-state index contributed by atoms with van der Waals surface area (Å²) in [6.07, 6.45) is 3.44. The summed E-state index contributed by atoms with van der Waals surface area (Å²) in [5, 5.41) is 9.55. The molecule has 1 atom stereocenters. The summed E-state index contributed by atoms with van der Waals surface area (Å²) in [5.74, 6) is -0.0233. The predicted molar refractivity (Wildman–Crippen MR) is 82.6 cm³/mol. The van der Waals surface area contributed by atoms with E-state index in [1.54, 1.807) is 23.9 Å². The molecule has 8 heteroatoms. The fraction of sp³-hybridized carbons (Fsp3) is 0.600. The Kier molecular flexibility index (Phi) is 3.62. The highest BCUT2D eigenvalue weighted by molar-refractivity contribution is 6.10. The topological polar surface area (TPSA) is 96.3 Å². The van der Waals surface area contributed by atoms with Gasteiger partial charge in [-0.15, -0.1) is 0 Å². The summed E-state index contributed by atoms with van der Waals surface area (Å²) in [6.45, 7) is 5.33. The number of rotatable bonds is 5. The molecule has 0 aromatic carbocycles. The first-order valence-corrected chi connectivity index (χ1v) is 7.80. The number of nitrogens with one attached hydrogen (secondary N) is 2. The fourth-order valence-electron chi connectivity index (χ4n) is 2.95. The van der Waals surface area contributed by atoms with E-state index in [-0.39, 0.29) is 24.4 Å². The molecule has 0 spiro atoms. The largest absolute Gasteiger partial charge is 0.325 e. The summed E-state index contributed by atoms with van der Waals surface area (Å²) in [6, 6.07) is 1.27. The second-order valence-electron chi connectivity index (χ2n) is 6.60. The number of amides is 4. The highest BCUT2D eigenvalue weighted by atomic mass is 16.2. The van der Waals surface area contributed by atoms with Gasteiger partial charge >= 0.3 is 6.03 Å². The summed E-state index contributed by atoms with van der Waals surface area (Å²) in [7, 11) is 0. The SMILES string of the molecule is CC(C)n1nccc1NC(=O)CN1C(=O)NC(C)(C2CC2)C1=O. The van der Waals surface area contributed by atoms with Crippen molar-refractivity contribution in [1.82, 2.24) is 20.0 Å². The Morgan fingerprint density at radius 1 is 1.48 bits per heavy atom. The van der Waals surface area contributed by atoms with Gasteiger partial charge in [0.05, 0.1) is 6.20 Å². The molecule has 2 fully saturated rings. The standard InChI is InChI=1S/C15H21N5O3/c1-9(2)20-11(6-7-16-20)17-12(21)8-19-13(22)15(3,10-4-5-10)18-14(19)23/h6-7,9-10H,4-5,8H2,1-3H3,(H,17,21)(H,18,23). The van der Waals surface area contributed by atoms with Crippen LogP contribution >= 0.6 is 0 Å². The molecule has 23 heavy (non-hydrogen) atoms.